The van der Waals surface area contributed by atoms with Crippen molar-refractivity contribution in [3.05, 3.63) is 265 Å². The van der Waals surface area contributed by atoms with Crippen molar-refractivity contribution in [1.29, 1.82) is 0 Å². The molecule has 0 radical (unpaired) electrons. The minimum atomic E-state index is -0.509. The first-order chi connectivity index (χ1) is 35.2. The first kappa shape index (κ1) is 38.6. The Morgan fingerprint density at radius 1 is 0.338 bits per heavy atom. The Kier molecular flexibility index (Phi) is 7.79. The van der Waals surface area contributed by atoms with Crippen LogP contribution in [0, 0.1) is 0 Å². The molecule has 11 aromatic carbocycles. The molecule has 0 saturated heterocycles. The Hall–Kier alpha value is -9.38. The maximum Gasteiger partial charge on any atom is 0.160 e. The average Bonchev–Trinajstić information content (AvgIpc) is 4.23. The number of nitrogens with zero attached hydrogens (tertiary/aromatic N) is 2. The minimum Gasteiger partial charge on any atom is -0.456 e. The van der Waals surface area contributed by atoms with Gasteiger partial charge in [0, 0.05) is 32.9 Å². The van der Waals surface area contributed by atoms with Crippen LogP contribution in [0.2, 0.25) is 0 Å². The molecule has 1 spiro atoms. The lowest BCUT2D eigenvalue weighted by Crippen LogP contribution is -2.26. The lowest BCUT2D eigenvalue weighted by atomic mass is 9.70. The van der Waals surface area contributed by atoms with E-state index >= 15 is 0 Å². The van der Waals surface area contributed by atoms with Crippen LogP contribution >= 0.6 is 0 Å². The maximum atomic E-state index is 7.37. The number of furan rings is 2. The van der Waals surface area contributed by atoms with E-state index in [1.54, 1.807) is 0 Å². The summed E-state index contributed by atoms with van der Waals surface area (Å²) in [6.45, 7) is 0. The van der Waals surface area contributed by atoms with Gasteiger partial charge in [0.05, 0.1) is 32.9 Å². The largest absolute Gasteiger partial charge is 0.456 e. The number of para-hydroxylation sites is 3. The molecule has 0 bridgehead atoms. The molecule has 3 heterocycles. The van der Waals surface area contributed by atoms with Crippen LogP contribution in [0.1, 0.15) is 22.3 Å². The number of hydrogen-bond acceptors (Lipinski definition) is 3. The second-order valence-electron chi connectivity index (χ2n) is 19.1. The van der Waals surface area contributed by atoms with Gasteiger partial charge in [-0.1, -0.05) is 182 Å². The van der Waals surface area contributed by atoms with E-state index < -0.39 is 5.41 Å². The molecule has 2 aliphatic carbocycles. The number of fused-ring (bicyclic) bond motifs is 19. The maximum absolute atomic E-state index is 7.37. The van der Waals surface area contributed by atoms with E-state index in [-0.39, 0.29) is 0 Å². The first-order valence-corrected chi connectivity index (χ1v) is 24.4. The third-order valence-corrected chi connectivity index (χ3v) is 15.6. The Morgan fingerprint density at radius 3 is 1.59 bits per heavy atom. The molecule has 0 amide bonds. The van der Waals surface area contributed by atoms with Crippen LogP contribution in [0.15, 0.2) is 251 Å². The molecule has 4 heteroatoms. The third kappa shape index (κ3) is 5.12. The predicted molar refractivity (Wildman–Crippen MR) is 292 cm³/mol. The van der Waals surface area contributed by atoms with Gasteiger partial charge < -0.3 is 18.3 Å². The second-order valence-corrected chi connectivity index (χ2v) is 19.1. The van der Waals surface area contributed by atoms with E-state index in [0.29, 0.717) is 0 Å². The van der Waals surface area contributed by atoms with Gasteiger partial charge in [-0.05, 0) is 116 Å². The van der Waals surface area contributed by atoms with Crippen molar-refractivity contribution >= 4 is 82.7 Å². The molecular formula is C67H40N2O2. The zero-order chi connectivity index (χ0) is 46.4. The molecule has 0 aliphatic heterocycles. The molecule has 0 fully saturated rings. The van der Waals surface area contributed by atoms with E-state index in [4.69, 9.17) is 8.83 Å². The van der Waals surface area contributed by atoms with Crippen molar-refractivity contribution in [1.82, 2.24) is 4.57 Å². The molecule has 0 atom stereocenters. The van der Waals surface area contributed by atoms with Gasteiger partial charge in [-0.25, -0.2) is 0 Å². The molecule has 4 nitrogen and oxygen atoms in total. The second kappa shape index (κ2) is 14.3. The van der Waals surface area contributed by atoms with Gasteiger partial charge in [0.1, 0.15) is 22.4 Å². The Labute approximate surface area is 408 Å². The fourth-order valence-electron chi connectivity index (χ4n) is 12.8. The van der Waals surface area contributed by atoms with E-state index in [2.05, 4.69) is 246 Å². The minimum absolute atomic E-state index is 0.509. The monoisotopic (exact) mass is 904 g/mol. The van der Waals surface area contributed by atoms with Crippen molar-refractivity contribution in [2.45, 2.75) is 5.41 Å². The SMILES string of the molecule is c1ccc(-c2cccc(N(c3ccc4c(c3)C3(c5ccccc5-c5ccccc53)c3ccccc3-4)c3cccc4oc5c(-n6c7ccccc7c7ccccc76)c6c(cc5c34)oc3ccccc36)c2)cc1. The van der Waals surface area contributed by atoms with Crippen LogP contribution in [0.5, 0.6) is 0 Å². The summed E-state index contributed by atoms with van der Waals surface area (Å²) in [5, 5.41) is 6.43. The lowest BCUT2D eigenvalue weighted by molar-refractivity contribution is 0.662. The molecule has 3 aromatic heterocycles. The Morgan fingerprint density at radius 2 is 0.887 bits per heavy atom. The standard InChI is InChI=1S/C67H40N2O2/c1-2-18-41(19-3-1)42-20-16-21-43(38-42)68(44-36-37-48-47-24-6-12-30-55(47)67(56(48)39-44)53-28-10-4-22-45(53)46-23-5-11-29-54(46)67)59-33-17-35-61-63(59)52-40-62-64(51-27-9-15-34-60(51)70-62)65(66(52)71-61)69-57-31-13-7-25-49(57)50-26-8-14-32-58(50)69/h1-40H. The van der Waals surface area contributed by atoms with Gasteiger partial charge in [0.15, 0.2) is 5.58 Å². The molecule has 0 saturated carbocycles. The van der Waals surface area contributed by atoms with Crippen LogP contribution in [-0.2, 0) is 5.41 Å². The zero-order valence-electron chi connectivity index (χ0n) is 38.3. The van der Waals surface area contributed by atoms with Gasteiger partial charge in [0.2, 0.25) is 0 Å². The average molecular weight is 905 g/mol. The molecule has 2 aliphatic rings. The summed E-state index contributed by atoms with van der Waals surface area (Å²) in [5.74, 6) is 0. The third-order valence-electron chi connectivity index (χ3n) is 15.6. The van der Waals surface area contributed by atoms with Gasteiger partial charge in [-0.15, -0.1) is 0 Å². The quantitative estimate of drug-likeness (QED) is 0.173. The smallest absolute Gasteiger partial charge is 0.160 e. The molecule has 0 unspecified atom stereocenters. The van der Waals surface area contributed by atoms with Gasteiger partial charge >= 0.3 is 0 Å². The van der Waals surface area contributed by atoms with Crippen molar-refractivity contribution in [2.75, 3.05) is 4.90 Å². The van der Waals surface area contributed by atoms with Gasteiger partial charge in [0.25, 0.3) is 0 Å². The summed E-state index contributed by atoms with van der Waals surface area (Å²) >= 11 is 0. The van der Waals surface area contributed by atoms with Crippen molar-refractivity contribution in [3.8, 4) is 39.1 Å². The molecule has 0 N–H and O–H groups in total. The summed E-state index contributed by atoms with van der Waals surface area (Å²) in [5.41, 5.74) is 21.6. The fraction of sp³-hybridized carbons (Fsp3) is 0.0149. The van der Waals surface area contributed by atoms with E-state index in [9.17, 15) is 0 Å². The van der Waals surface area contributed by atoms with Crippen LogP contribution in [0.3, 0.4) is 0 Å². The normalized spacial score (nSPS) is 13.2. The summed E-state index contributed by atoms with van der Waals surface area (Å²) in [6, 6.07) is 88.4. The van der Waals surface area contributed by atoms with Crippen molar-refractivity contribution in [3.63, 3.8) is 0 Å². The van der Waals surface area contributed by atoms with Crippen LogP contribution in [0.4, 0.5) is 17.1 Å². The van der Waals surface area contributed by atoms with Crippen LogP contribution in [-0.4, -0.2) is 4.57 Å². The summed E-state index contributed by atoms with van der Waals surface area (Å²) in [6.07, 6.45) is 0. The predicted octanol–water partition coefficient (Wildman–Crippen LogP) is 18.1. The van der Waals surface area contributed by atoms with E-state index in [1.807, 2.05) is 6.07 Å². The topological polar surface area (TPSA) is 34.5 Å². The molecule has 16 rings (SSSR count). The number of benzene rings is 11. The fourth-order valence-corrected chi connectivity index (χ4v) is 12.8. The molecule has 71 heavy (non-hydrogen) atoms. The number of rotatable bonds is 5. The van der Waals surface area contributed by atoms with Crippen LogP contribution < -0.4 is 4.90 Å². The summed E-state index contributed by atoms with van der Waals surface area (Å²) in [4.78, 5) is 2.45. The zero-order valence-corrected chi connectivity index (χ0v) is 38.3. The van der Waals surface area contributed by atoms with Crippen LogP contribution in [0.25, 0.3) is 105 Å². The first-order valence-electron chi connectivity index (χ1n) is 24.4. The Bertz CT molecular complexity index is 4430. The van der Waals surface area contributed by atoms with E-state index in [0.717, 1.165) is 88.8 Å². The van der Waals surface area contributed by atoms with E-state index in [1.165, 1.54) is 55.3 Å². The van der Waals surface area contributed by atoms with Gasteiger partial charge in [-0.2, -0.15) is 0 Å². The number of aromatic nitrogens is 1. The van der Waals surface area contributed by atoms with Crippen molar-refractivity contribution in [2.24, 2.45) is 0 Å². The van der Waals surface area contributed by atoms with Crippen molar-refractivity contribution < 1.29 is 8.83 Å². The highest BCUT2D eigenvalue weighted by molar-refractivity contribution is 6.25. The number of hydrogen-bond donors (Lipinski definition) is 0. The highest BCUT2D eigenvalue weighted by atomic mass is 16.3. The lowest BCUT2D eigenvalue weighted by Gasteiger charge is -2.32. The molecular weight excluding hydrogens is 865 g/mol. The summed E-state index contributed by atoms with van der Waals surface area (Å²) in [7, 11) is 0. The molecule has 330 valence electrons. The Balaban J connectivity index is 1.02. The highest BCUT2D eigenvalue weighted by Gasteiger charge is 2.51. The number of anilines is 3. The molecule has 14 aromatic rings. The highest BCUT2D eigenvalue weighted by Crippen LogP contribution is 2.63. The summed E-state index contributed by atoms with van der Waals surface area (Å²) < 4.78 is 16.7. The van der Waals surface area contributed by atoms with Gasteiger partial charge in [-0.3, -0.25) is 0 Å².